The number of nitrogens with one attached hydrogen (secondary N) is 1. The minimum absolute atomic E-state index is 0.323. The van der Waals surface area contributed by atoms with Gasteiger partial charge in [-0.2, -0.15) is 0 Å². The summed E-state index contributed by atoms with van der Waals surface area (Å²) in [5.41, 5.74) is 8.50. The molecule has 4 nitrogen and oxygen atoms in total. The molecule has 1 unspecified atom stereocenters. The molecule has 4 N–H and O–H groups in total. The molecule has 0 amide bonds. The number of halogens is 1. The normalized spacial score (nSPS) is 12.9. The summed E-state index contributed by atoms with van der Waals surface area (Å²) in [6, 6.07) is 4.96. The van der Waals surface area contributed by atoms with Crippen molar-refractivity contribution in [1.82, 2.24) is 4.98 Å². The van der Waals surface area contributed by atoms with Crippen molar-refractivity contribution in [3.8, 4) is 0 Å². The van der Waals surface area contributed by atoms with Crippen LogP contribution in [0.25, 0.3) is 10.9 Å². The Bertz CT molecular complexity index is 577. The van der Waals surface area contributed by atoms with Crippen molar-refractivity contribution in [1.29, 1.82) is 0 Å². The van der Waals surface area contributed by atoms with E-state index in [1.54, 1.807) is 0 Å². The van der Waals surface area contributed by atoms with Gasteiger partial charge in [0, 0.05) is 27.5 Å². The van der Waals surface area contributed by atoms with Gasteiger partial charge in [-0.05, 0) is 24.6 Å². The first-order valence-electron chi connectivity index (χ1n) is 5.24. The summed E-state index contributed by atoms with van der Waals surface area (Å²) in [6.45, 7) is 1.93. The van der Waals surface area contributed by atoms with Gasteiger partial charge in [-0.25, -0.2) is 0 Å². The van der Waals surface area contributed by atoms with Gasteiger partial charge in [-0.3, -0.25) is 4.79 Å². The highest BCUT2D eigenvalue weighted by atomic mass is 79.9. The van der Waals surface area contributed by atoms with Gasteiger partial charge in [-0.15, -0.1) is 0 Å². The minimum atomic E-state index is -0.981. The minimum Gasteiger partial charge on any atom is -0.480 e. The van der Waals surface area contributed by atoms with Crippen LogP contribution in [0.15, 0.2) is 22.7 Å². The van der Waals surface area contributed by atoms with Crippen LogP contribution >= 0.6 is 15.9 Å². The quantitative estimate of drug-likeness (QED) is 0.812. The van der Waals surface area contributed by atoms with Crippen LogP contribution in [0.3, 0.4) is 0 Å². The van der Waals surface area contributed by atoms with Crippen LogP contribution in [0.1, 0.15) is 11.3 Å². The molecule has 0 saturated carbocycles. The topological polar surface area (TPSA) is 79.1 Å². The van der Waals surface area contributed by atoms with Crippen molar-refractivity contribution in [2.24, 2.45) is 5.73 Å². The lowest BCUT2D eigenvalue weighted by atomic mass is 10.0. The lowest BCUT2D eigenvalue weighted by Crippen LogP contribution is -2.32. The number of H-pyrrole nitrogens is 1. The molecule has 2 aromatic rings. The zero-order valence-electron chi connectivity index (χ0n) is 9.33. The lowest BCUT2D eigenvalue weighted by Gasteiger charge is -2.07. The average molecular weight is 297 g/mol. The number of aryl methyl sites for hydroxylation is 1. The summed E-state index contributed by atoms with van der Waals surface area (Å²) in [5.74, 6) is -0.981. The van der Waals surface area contributed by atoms with Crippen LogP contribution in [0.4, 0.5) is 0 Å². The number of fused-ring (bicyclic) bond motifs is 1. The first kappa shape index (κ1) is 12.1. The summed E-state index contributed by atoms with van der Waals surface area (Å²) in [4.78, 5) is 14.0. The summed E-state index contributed by atoms with van der Waals surface area (Å²) in [6.07, 6.45) is 0.323. The molecule has 17 heavy (non-hydrogen) atoms. The Morgan fingerprint density at radius 2 is 2.29 bits per heavy atom. The Morgan fingerprint density at radius 3 is 2.94 bits per heavy atom. The van der Waals surface area contributed by atoms with Crippen LogP contribution < -0.4 is 5.73 Å². The molecule has 1 aromatic carbocycles. The molecule has 0 bridgehead atoms. The third kappa shape index (κ3) is 2.21. The van der Waals surface area contributed by atoms with E-state index >= 15 is 0 Å². The maximum atomic E-state index is 10.8. The molecule has 0 radical (unpaired) electrons. The van der Waals surface area contributed by atoms with Gasteiger partial charge in [0.05, 0.1) is 0 Å². The number of hydrogen-bond donors (Lipinski definition) is 3. The van der Waals surface area contributed by atoms with Crippen molar-refractivity contribution >= 4 is 32.8 Å². The molecule has 0 spiro atoms. The van der Waals surface area contributed by atoms with E-state index in [2.05, 4.69) is 20.9 Å². The standard InChI is InChI=1S/C12H13BrN2O2/c1-6-7(5-9(14)12(16)17)11-8(13)3-2-4-10(11)15-6/h2-4,9,15H,5,14H2,1H3,(H,16,17). The van der Waals surface area contributed by atoms with Crippen LogP contribution in [0.5, 0.6) is 0 Å². The molecule has 1 aromatic heterocycles. The van der Waals surface area contributed by atoms with Crippen LogP contribution in [-0.4, -0.2) is 22.1 Å². The second-order valence-corrected chi connectivity index (χ2v) is 4.89. The summed E-state index contributed by atoms with van der Waals surface area (Å²) < 4.78 is 0.951. The molecule has 1 heterocycles. The number of carboxylic acid groups (broad SMARTS) is 1. The Balaban J connectivity index is 2.53. The van der Waals surface area contributed by atoms with Crippen LogP contribution in [-0.2, 0) is 11.2 Å². The number of aromatic amines is 1. The summed E-state index contributed by atoms with van der Waals surface area (Å²) in [5, 5.41) is 9.88. The van der Waals surface area contributed by atoms with E-state index in [-0.39, 0.29) is 0 Å². The molecular weight excluding hydrogens is 284 g/mol. The van der Waals surface area contributed by atoms with E-state index in [0.29, 0.717) is 6.42 Å². The number of carbonyl (C=O) groups is 1. The van der Waals surface area contributed by atoms with Crippen molar-refractivity contribution in [3.63, 3.8) is 0 Å². The molecule has 0 aliphatic heterocycles. The highest BCUT2D eigenvalue weighted by molar-refractivity contribution is 9.10. The predicted molar refractivity (Wildman–Crippen MR) is 70.1 cm³/mol. The second-order valence-electron chi connectivity index (χ2n) is 4.04. The number of nitrogens with two attached hydrogens (primary N) is 1. The molecule has 90 valence electrons. The Kier molecular flexibility index (Phi) is 3.22. The number of aromatic nitrogens is 1. The fourth-order valence-electron chi connectivity index (χ4n) is 1.96. The zero-order valence-corrected chi connectivity index (χ0v) is 10.9. The van der Waals surface area contributed by atoms with Gasteiger partial charge < -0.3 is 15.8 Å². The SMILES string of the molecule is Cc1[nH]c2cccc(Br)c2c1CC(N)C(=O)O. The second kappa shape index (κ2) is 4.50. The molecule has 0 saturated heterocycles. The van der Waals surface area contributed by atoms with E-state index in [9.17, 15) is 4.79 Å². The Labute approximate surface area is 107 Å². The van der Waals surface area contributed by atoms with Crippen LogP contribution in [0, 0.1) is 6.92 Å². The van der Waals surface area contributed by atoms with Crippen LogP contribution in [0.2, 0.25) is 0 Å². The van der Waals surface area contributed by atoms with E-state index in [0.717, 1.165) is 26.6 Å². The van der Waals surface area contributed by atoms with Crippen molar-refractivity contribution in [2.45, 2.75) is 19.4 Å². The first-order valence-corrected chi connectivity index (χ1v) is 6.04. The number of benzene rings is 1. The predicted octanol–water partition coefficient (Wildman–Crippen LogP) is 2.19. The number of aliphatic carboxylic acids is 1. The number of carboxylic acids is 1. The van der Waals surface area contributed by atoms with Crippen molar-refractivity contribution in [2.75, 3.05) is 0 Å². The van der Waals surface area contributed by atoms with E-state index in [1.165, 1.54) is 0 Å². The molecule has 2 rings (SSSR count). The number of rotatable bonds is 3. The third-order valence-electron chi connectivity index (χ3n) is 2.83. The highest BCUT2D eigenvalue weighted by Gasteiger charge is 2.18. The van der Waals surface area contributed by atoms with Crippen molar-refractivity contribution in [3.05, 3.63) is 33.9 Å². The van der Waals surface area contributed by atoms with Gasteiger partial charge in [-0.1, -0.05) is 22.0 Å². The van der Waals surface area contributed by atoms with E-state index < -0.39 is 12.0 Å². The zero-order chi connectivity index (χ0) is 12.6. The van der Waals surface area contributed by atoms with Gasteiger partial charge in [0.1, 0.15) is 6.04 Å². The fourth-order valence-corrected chi connectivity index (χ4v) is 2.57. The smallest absolute Gasteiger partial charge is 0.320 e. The Morgan fingerprint density at radius 1 is 1.59 bits per heavy atom. The van der Waals surface area contributed by atoms with Gasteiger partial charge >= 0.3 is 5.97 Å². The van der Waals surface area contributed by atoms with Crippen molar-refractivity contribution < 1.29 is 9.90 Å². The monoisotopic (exact) mass is 296 g/mol. The number of hydrogen-bond acceptors (Lipinski definition) is 2. The Hall–Kier alpha value is -1.33. The summed E-state index contributed by atoms with van der Waals surface area (Å²) in [7, 11) is 0. The summed E-state index contributed by atoms with van der Waals surface area (Å²) >= 11 is 3.48. The van der Waals surface area contributed by atoms with Gasteiger partial charge in [0.2, 0.25) is 0 Å². The molecule has 1 atom stereocenters. The maximum Gasteiger partial charge on any atom is 0.320 e. The molecule has 0 fully saturated rings. The van der Waals surface area contributed by atoms with E-state index in [4.69, 9.17) is 10.8 Å². The highest BCUT2D eigenvalue weighted by Crippen LogP contribution is 2.30. The molecule has 0 aliphatic carbocycles. The largest absolute Gasteiger partial charge is 0.480 e. The fraction of sp³-hybridized carbons (Fsp3) is 0.250. The average Bonchev–Trinajstić information content (AvgIpc) is 2.56. The molecule has 0 aliphatic rings. The van der Waals surface area contributed by atoms with Gasteiger partial charge in [0.25, 0.3) is 0 Å². The molecule has 5 heteroatoms. The lowest BCUT2D eigenvalue weighted by molar-refractivity contribution is -0.138. The first-order chi connectivity index (χ1) is 8.00. The molecular formula is C12H13BrN2O2. The maximum absolute atomic E-state index is 10.8. The van der Waals surface area contributed by atoms with Gasteiger partial charge in [0.15, 0.2) is 0 Å². The van der Waals surface area contributed by atoms with E-state index in [1.807, 2.05) is 25.1 Å². The third-order valence-corrected chi connectivity index (χ3v) is 3.49.